The Bertz CT molecular complexity index is 319. The van der Waals surface area contributed by atoms with Gasteiger partial charge in [-0.3, -0.25) is 0 Å². The summed E-state index contributed by atoms with van der Waals surface area (Å²) < 4.78 is 41.8. The molecular formula is C7H5F3INO. The number of aromatic nitrogens is 1. The predicted molar refractivity (Wildman–Crippen MR) is 48.4 cm³/mol. The molecule has 0 aliphatic carbocycles. The maximum absolute atomic E-state index is 13.0. The van der Waals surface area contributed by atoms with E-state index < -0.39 is 17.9 Å². The number of rotatable bonds is 2. The topological polar surface area (TPSA) is 22.1 Å². The van der Waals surface area contributed by atoms with E-state index in [0.29, 0.717) is 0 Å². The third-order valence-corrected chi connectivity index (χ3v) is 2.06. The lowest BCUT2D eigenvalue weighted by Crippen LogP contribution is -1.99. The van der Waals surface area contributed by atoms with Crippen LogP contribution in [0.25, 0.3) is 0 Å². The molecule has 1 aromatic heterocycles. The Morgan fingerprint density at radius 3 is 2.62 bits per heavy atom. The van der Waals surface area contributed by atoms with E-state index in [2.05, 4.69) is 9.72 Å². The Kier molecular flexibility index (Phi) is 3.34. The van der Waals surface area contributed by atoms with Gasteiger partial charge in [0.05, 0.1) is 7.11 Å². The van der Waals surface area contributed by atoms with Crippen LogP contribution in [0.2, 0.25) is 0 Å². The first kappa shape index (κ1) is 10.6. The fraction of sp³-hybridized carbons (Fsp3) is 0.286. The number of alkyl halides is 2. The van der Waals surface area contributed by atoms with Crippen LogP contribution in [0, 0.1) is 9.52 Å². The number of nitrogens with zero attached hydrogens (tertiary/aromatic N) is 1. The van der Waals surface area contributed by atoms with Crippen molar-refractivity contribution >= 4 is 22.6 Å². The highest BCUT2D eigenvalue weighted by Crippen LogP contribution is 2.26. The first-order valence-corrected chi connectivity index (χ1v) is 4.32. The Balaban J connectivity index is 3.22. The van der Waals surface area contributed by atoms with Crippen LogP contribution in [0.5, 0.6) is 5.75 Å². The van der Waals surface area contributed by atoms with Crippen LogP contribution in [0.1, 0.15) is 12.1 Å². The largest absolute Gasteiger partial charge is 0.494 e. The Morgan fingerprint density at radius 2 is 2.15 bits per heavy atom. The lowest BCUT2D eigenvalue weighted by atomic mass is 10.3. The number of methoxy groups -OCH3 is 1. The van der Waals surface area contributed by atoms with Crippen molar-refractivity contribution in [2.75, 3.05) is 7.11 Å². The van der Waals surface area contributed by atoms with Crippen molar-refractivity contribution in [2.45, 2.75) is 6.43 Å². The van der Waals surface area contributed by atoms with E-state index in [-0.39, 0.29) is 9.45 Å². The monoisotopic (exact) mass is 303 g/mol. The molecule has 0 N–H and O–H groups in total. The third-order valence-electron chi connectivity index (χ3n) is 1.35. The van der Waals surface area contributed by atoms with Crippen LogP contribution < -0.4 is 4.74 Å². The smallest absolute Gasteiger partial charge is 0.280 e. The van der Waals surface area contributed by atoms with Crippen molar-refractivity contribution in [3.05, 3.63) is 21.3 Å². The molecular weight excluding hydrogens is 298 g/mol. The zero-order valence-electron chi connectivity index (χ0n) is 6.52. The summed E-state index contributed by atoms with van der Waals surface area (Å²) in [5.74, 6) is -0.929. The Morgan fingerprint density at radius 1 is 1.54 bits per heavy atom. The lowest BCUT2D eigenvalue weighted by molar-refractivity contribution is 0.145. The molecule has 6 heteroatoms. The second-order valence-corrected chi connectivity index (χ2v) is 3.18. The van der Waals surface area contributed by atoms with Crippen molar-refractivity contribution in [1.29, 1.82) is 0 Å². The molecule has 0 bridgehead atoms. The Hall–Kier alpha value is -0.530. The van der Waals surface area contributed by atoms with E-state index >= 15 is 0 Å². The molecule has 0 fully saturated rings. The molecule has 1 rings (SSSR count). The summed E-state index contributed by atoms with van der Waals surface area (Å²) in [7, 11) is 1.21. The number of ether oxygens (including phenoxy) is 1. The van der Waals surface area contributed by atoms with Gasteiger partial charge in [0, 0.05) is 6.07 Å². The summed E-state index contributed by atoms with van der Waals surface area (Å²) in [5, 5.41) is 0. The fourth-order valence-electron chi connectivity index (χ4n) is 0.754. The van der Waals surface area contributed by atoms with Crippen molar-refractivity contribution in [2.24, 2.45) is 0 Å². The molecule has 0 amide bonds. The normalized spacial score (nSPS) is 10.6. The summed E-state index contributed by atoms with van der Waals surface area (Å²) in [6.07, 6.45) is -2.72. The number of halogens is 4. The molecule has 2 nitrogen and oxygen atoms in total. The lowest BCUT2D eigenvalue weighted by Gasteiger charge is -2.05. The first-order chi connectivity index (χ1) is 6.06. The Labute approximate surface area is 86.3 Å². The maximum Gasteiger partial charge on any atom is 0.280 e. The average molecular weight is 303 g/mol. The average Bonchev–Trinajstić information content (AvgIpc) is 2.09. The van der Waals surface area contributed by atoms with Gasteiger partial charge in [-0.25, -0.2) is 13.8 Å². The molecule has 0 saturated carbocycles. The van der Waals surface area contributed by atoms with E-state index in [0.717, 1.165) is 6.07 Å². The molecule has 1 aromatic rings. The summed E-state index contributed by atoms with van der Waals surface area (Å²) in [6, 6.07) is 0.891. The summed E-state index contributed by atoms with van der Waals surface area (Å²) >= 11 is 1.53. The first-order valence-electron chi connectivity index (χ1n) is 3.24. The van der Waals surface area contributed by atoms with E-state index in [1.807, 2.05) is 0 Å². The highest BCUT2D eigenvalue weighted by molar-refractivity contribution is 14.1. The molecule has 0 aliphatic rings. The number of hydrogen-bond acceptors (Lipinski definition) is 2. The van der Waals surface area contributed by atoms with Crippen LogP contribution in [0.3, 0.4) is 0 Å². The quantitative estimate of drug-likeness (QED) is 0.619. The minimum absolute atomic E-state index is 0.118. The van der Waals surface area contributed by atoms with Gasteiger partial charge in [0.15, 0.2) is 11.6 Å². The van der Waals surface area contributed by atoms with E-state index in [4.69, 9.17) is 0 Å². The van der Waals surface area contributed by atoms with E-state index in [9.17, 15) is 13.2 Å². The third kappa shape index (κ3) is 2.23. The summed E-state index contributed by atoms with van der Waals surface area (Å²) in [4.78, 5) is 3.36. The molecule has 0 unspecified atom stereocenters. The van der Waals surface area contributed by atoms with Crippen LogP contribution in [0.4, 0.5) is 13.2 Å². The standard InChI is InChI=1S/C7H5F3INO/c1-13-4-2-3(6(9)10)12-7(11)5(4)8/h2,6H,1H3. The van der Waals surface area contributed by atoms with Gasteiger partial charge in [-0.15, -0.1) is 0 Å². The highest BCUT2D eigenvalue weighted by Gasteiger charge is 2.16. The van der Waals surface area contributed by atoms with Gasteiger partial charge in [-0.2, -0.15) is 4.39 Å². The van der Waals surface area contributed by atoms with Gasteiger partial charge >= 0.3 is 0 Å². The van der Waals surface area contributed by atoms with Crippen molar-refractivity contribution < 1.29 is 17.9 Å². The fourth-order valence-corrected chi connectivity index (χ4v) is 1.30. The summed E-state index contributed by atoms with van der Waals surface area (Å²) in [5.41, 5.74) is -0.484. The molecule has 0 spiro atoms. The zero-order valence-corrected chi connectivity index (χ0v) is 8.68. The van der Waals surface area contributed by atoms with Gasteiger partial charge in [-0.1, -0.05) is 0 Å². The van der Waals surface area contributed by atoms with Crippen LogP contribution in [-0.2, 0) is 0 Å². The molecule has 1 heterocycles. The van der Waals surface area contributed by atoms with Crippen molar-refractivity contribution in [3.63, 3.8) is 0 Å². The number of pyridine rings is 1. The van der Waals surface area contributed by atoms with Gasteiger partial charge in [0.25, 0.3) is 6.43 Å². The van der Waals surface area contributed by atoms with E-state index in [1.54, 1.807) is 0 Å². The van der Waals surface area contributed by atoms with Crippen LogP contribution in [0.15, 0.2) is 6.07 Å². The molecule has 0 aliphatic heterocycles. The van der Waals surface area contributed by atoms with E-state index in [1.165, 1.54) is 29.7 Å². The second kappa shape index (κ2) is 4.12. The summed E-state index contributed by atoms with van der Waals surface area (Å²) in [6.45, 7) is 0. The molecule has 0 radical (unpaired) electrons. The number of hydrogen-bond donors (Lipinski definition) is 0. The molecule has 0 atom stereocenters. The predicted octanol–water partition coefficient (Wildman–Crippen LogP) is 2.77. The van der Waals surface area contributed by atoms with Gasteiger partial charge in [-0.05, 0) is 22.6 Å². The molecule has 0 saturated heterocycles. The minimum Gasteiger partial charge on any atom is -0.494 e. The molecule has 0 aromatic carbocycles. The highest BCUT2D eigenvalue weighted by atomic mass is 127. The van der Waals surface area contributed by atoms with Gasteiger partial charge in [0.2, 0.25) is 0 Å². The van der Waals surface area contributed by atoms with Gasteiger partial charge < -0.3 is 4.74 Å². The maximum atomic E-state index is 13.0. The zero-order chi connectivity index (χ0) is 10.0. The van der Waals surface area contributed by atoms with Gasteiger partial charge in [0.1, 0.15) is 9.39 Å². The SMILES string of the molecule is COc1cc(C(F)F)nc(I)c1F. The van der Waals surface area contributed by atoms with Crippen molar-refractivity contribution in [3.8, 4) is 5.75 Å². The second-order valence-electron chi connectivity index (χ2n) is 2.15. The van der Waals surface area contributed by atoms with Crippen molar-refractivity contribution in [1.82, 2.24) is 4.98 Å². The van der Waals surface area contributed by atoms with Crippen LogP contribution in [-0.4, -0.2) is 12.1 Å². The molecule has 13 heavy (non-hydrogen) atoms. The minimum atomic E-state index is -2.72. The molecule has 72 valence electrons. The van der Waals surface area contributed by atoms with Crippen LogP contribution >= 0.6 is 22.6 Å².